The van der Waals surface area contributed by atoms with Gasteiger partial charge in [0.1, 0.15) is 11.6 Å². The van der Waals surface area contributed by atoms with Crippen molar-refractivity contribution < 1.29 is 23.9 Å². The zero-order valence-corrected chi connectivity index (χ0v) is 27.0. The van der Waals surface area contributed by atoms with E-state index in [0.29, 0.717) is 35.5 Å². The van der Waals surface area contributed by atoms with Gasteiger partial charge in [0.15, 0.2) is 0 Å². The Morgan fingerprint density at radius 1 is 0.891 bits per heavy atom. The number of amides is 1. The lowest BCUT2D eigenvalue weighted by Crippen LogP contribution is -2.34. The molecule has 0 aliphatic carbocycles. The lowest BCUT2D eigenvalue weighted by molar-refractivity contribution is -0.143. The first-order valence-electron chi connectivity index (χ1n) is 16.0. The van der Waals surface area contributed by atoms with Gasteiger partial charge in [-0.3, -0.25) is 19.3 Å². The smallest absolute Gasteiger partial charge is 0.311 e. The van der Waals surface area contributed by atoms with Gasteiger partial charge in [-0.05, 0) is 61.2 Å². The molecular weight excluding hydrogens is 582 g/mol. The molecule has 4 rings (SSSR count). The number of unbranched alkanes of at least 4 members (excludes halogenated alkanes) is 3. The van der Waals surface area contributed by atoms with E-state index < -0.39 is 0 Å². The van der Waals surface area contributed by atoms with E-state index in [9.17, 15) is 14.4 Å². The first-order chi connectivity index (χ1) is 22.3. The van der Waals surface area contributed by atoms with Crippen LogP contribution >= 0.6 is 0 Å². The quantitative estimate of drug-likeness (QED) is 0.0836. The van der Waals surface area contributed by atoms with E-state index in [1.54, 1.807) is 43.5 Å². The van der Waals surface area contributed by atoms with Gasteiger partial charge in [0, 0.05) is 37.5 Å². The minimum Gasteiger partial charge on any atom is -0.466 e. The van der Waals surface area contributed by atoms with Gasteiger partial charge in [-0.1, -0.05) is 56.5 Å². The maximum absolute atomic E-state index is 13.6. The number of esters is 2. The Morgan fingerprint density at radius 3 is 2.39 bits per heavy atom. The number of carbonyl (C=O) groups excluding carboxylic acids is 3. The zero-order valence-electron chi connectivity index (χ0n) is 27.0. The van der Waals surface area contributed by atoms with Crippen LogP contribution in [0.4, 0.5) is 5.82 Å². The molecular formula is C36H43N5O5. The second kappa shape index (κ2) is 17.0. The van der Waals surface area contributed by atoms with Crippen molar-refractivity contribution in [2.24, 2.45) is 7.05 Å². The van der Waals surface area contributed by atoms with Gasteiger partial charge < -0.3 is 19.5 Å². The number of imidazole rings is 1. The fourth-order valence-corrected chi connectivity index (χ4v) is 5.17. The number of ether oxygens (including phenoxy) is 2. The largest absolute Gasteiger partial charge is 0.466 e. The van der Waals surface area contributed by atoms with Gasteiger partial charge in [0.2, 0.25) is 0 Å². The van der Waals surface area contributed by atoms with E-state index in [0.717, 1.165) is 49.0 Å². The maximum atomic E-state index is 13.6. The number of benzene rings is 2. The molecule has 0 saturated carbocycles. The highest BCUT2D eigenvalue weighted by atomic mass is 16.5. The molecule has 242 valence electrons. The van der Waals surface area contributed by atoms with E-state index in [1.807, 2.05) is 41.9 Å². The van der Waals surface area contributed by atoms with Crippen LogP contribution in [0.5, 0.6) is 0 Å². The second-order valence-corrected chi connectivity index (χ2v) is 11.1. The average Bonchev–Trinajstić information content (AvgIpc) is 3.38. The third-order valence-corrected chi connectivity index (χ3v) is 7.76. The number of fused-ring (bicyclic) bond motifs is 1. The number of aryl methyl sites for hydroxylation is 3. The van der Waals surface area contributed by atoms with Crippen molar-refractivity contribution in [3.63, 3.8) is 0 Å². The number of nitrogens with one attached hydrogen (secondary N) is 1. The fourth-order valence-electron chi connectivity index (χ4n) is 5.17. The molecule has 2 heterocycles. The summed E-state index contributed by atoms with van der Waals surface area (Å²) in [5, 5.41) is 8.32. The van der Waals surface area contributed by atoms with E-state index in [1.165, 1.54) is 4.90 Å². The third kappa shape index (κ3) is 9.32. The Kier molecular flexibility index (Phi) is 12.6. The summed E-state index contributed by atoms with van der Waals surface area (Å²) in [6.07, 6.45) is 7.20. The summed E-state index contributed by atoms with van der Waals surface area (Å²) in [4.78, 5) is 48.4. The van der Waals surface area contributed by atoms with Gasteiger partial charge in [-0.15, -0.1) is 0 Å². The van der Waals surface area contributed by atoms with Crippen LogP contribution in [0.3, 0.4) is 0 Å². The molecule has 2 aromatic carbocycles. The van der Waals surface area contributed by atoms with Crippen LogP contribution in [0, 0.1) is 5.41 Å². The average molecular weight is 626 g/mol. The summed E-state index contributed by atoms with van der Waals surface area (Å²) in [5.74, 6) is 0.322. The monoisotopic (exact) mass is 625 g/mol. The standard InChI is InChI=1S/C36H43N5O5/c1-4-6-7-10-23-46-35(43)25-29(37)27-15-12-26(13-16-27)14-19-33-39-30-24-28(17-18-31(30)40(33)3)36(44)41(22-20-34(42)45-5-2)32-11-8-9-21-38-32/h8-9,11-13,15-18,21,24,37H,4-7,10,14,19-20,22-23,25H2,1-3H3. The molecule has 0 fully saturated rings. The number of rotatable bonds is 17. The predicted octanol–water partition coefficient (Wildman–Crippen LogP) is 6.23. The molecule has 0 aliphatic heterocycles. The Balaban J connectivity index is 1.38. The van der Waals surface area contributed by atoms with Crippen LogP contribution in [0.25, 0.3) is 11.0 Å². The van der Waals surface area contributed by atoms with Crippen LogP contribution in [-0.2, 0) is 39.0 Å². The summed E-state index contributed by atoms with van der Waals surface area (Å²) in [6, 6.07) is 18.4. The number of nitrogens with zero attached hydrogens (tertiary/aromatic N) is 4. The SMILES string of the molecule is CCCCCCOC(=O)CC(=N)c1ccc(CCc2nc3cc(C(=O)N(CCC(=O)OCC)c4ccccn4)ccc3n2C)cc1. The number of carbonyl (C=O) groups is 3. The number of hydrogen-bond donors (Lipinski definition) is 1. The normalized spacial score (nSPS) is 10.9. The summed E-state index contributed by atoms with van der Waals surface area (Å²) < 4.78 is 12.4. The molecule has 2 aromatic heterocycles. The Labute approximate surface area is 270 Å². The van der Waals surface area contributed by atoms with Crippen LogP contribution in [0.15, 0.2) is 66.9 Å². The molecule has 0 spiro atoms. The molecule has 10 nitrogen and oxygen atoms in total. The highest BCUT2D eigenvalue weighted by Gasteiger charge is 2.21. The van der Waals surface area contributed by atoms with Gasteiger partial charge in [-0.25, -0.2) is 9.97 Å². The van der Waals surface area contributed by atoms with Gasteiger partial charge in [0.05, 0.1) is 37.1 Å². The molecule has 1 amide bonds. The molecule has 0 atom stereocenters. The second-order valence-electron chi connectivity index (χ2n) is 11.1. The number of pyridine rings is 1. The molecule has 4 aromatic rings. The third-order valence-electron chi connectivity index (χ3n) is 7.76. The summed E-state index contributed by atoms with van der Waals surface area (Å²) in [5.41, 5.74) is 4.09. The first kappa shape index (κ1) is 34.0. The minimum absolute atomic E-state index is 0.0392. The summed E-state index contributed by atoms with van der Waals surface area (Å²) in [6.45, 7) is 4.71. The summed E-state index contributed by atoms with van der Waals surface area (Å²) >= 11 is 0. The van der Waals surface area contributed by atoms with Crippen LogP contribution in [0.1, 0.15) is 79.7 Å². The van der Waals surface area contributed by atoms with Gasteiger partial charge >= 0.3 is 11.9 Å². The number of anilines is 1. The van der Waals surface area contributed by atoms with Crippen LogP contribution < -0.4 is 4.90 Å². The van der Waals surface area contributed by atoms with E-state index in [4.69, 9.17) is 19.9 Å². The van der Waals surface area contributed by atoms with Crippen molar-refractivity contribution >= 4 is 40.4 Å². The lowest BCUT2D eigenvalue weighted by Gasteiger charge is -2.21. The molecule has 0 bridgehead atoms. The molecule has 0 radical (unpaired) electrons. The maximum Gasteiger partial charge on any atom is 0.311 e. The predicted molar refractivity (Wildman–Crippen MR) is 178 cm³/mol. The molecule has 0 saturated heterocycles. The fraction of sp³-hybridized carbons (Fsp3) is 0.389. The van der Waals surface area contributed by atoms with Crippen molar-refractivity contribution in [2.45, 2.75) is 65.2 Å². The Hall–Kier alpha value is -4.86. The van der Waals surface area contributed by atoms with Crippen molar-refractivity contribution in [3.8, 4) is 0 Å². The van der Waals surface area contributed by atoms with Crippen molar-refractivity contribution in [3.05, 3.63) is 89.4 Å². The molecule has 10 heteroatoms. The first-order valence-corrected chi connectivity index (χ1v) is 16.0. The summed E-state index contributed by atoms with van der Waals surface area (Å²) in [7, 11) is 1.96. The van der Waals surface area contributed by atoms with Crippen molar-refractivity contribution in [2.75, 3.05) is 24.7 Å². The van der Waals surface area contributed by atoms with E-state index in [-0.39, 0.29) is 49.6 Å². The Morgan fingerprint density at radius 2 is 1.67 bits per heavy atom. The number of aromatic nitrogens is 3. The van der Waals surface area contributed by atoms with Gasteiger partial charge in [-0.2, -0.15) is 0 Å². The van der Waals surface area contributed by atoms with E-state index in [2.05, 4.69) is 11.9 Å². The zero-order chi connectivity index (χ0) is 32.9. The molecule has 1 N–H and O–H groups in total. The van der Waals surface area contributed by atoms with Gasteiger partial charge in [0.25, 0.3) is 5.91 Å². The molecule has 0 unspecified atom stereocenters. The van der Waals surface area contributed by atoms with Crippen LogP contribution in [-0.4, -0.2) is 57.9 Å². The highest BCUT2D eigenvalue weighted by molar-refractivity contribution is 6.08. The minimum atomic E-state index is -0.373. The number of hydrogen-bond acceptors (Lipinski definition) is 8. The lowest BCUT2D eigenvalue weighted by atomic mass is 10.0. The van der Waals surface area contributed by atoms with Crippen molar-refractivity contribution in [1.29, 1.82) is 5.41 Å². The molecule has 46 heavy (non-hydrogen) atoms. The topological polar surface area (TPSA) is 127 Å². The van der Waals surface area contributed by atoms with E-state index >= 15 is 0 Å². The Bertz CT molecular complexity index is 1630. The van der Waals surface area contributed by atoms with Crippen molar-refractivity contribution in [1.82, 2.24) is 14.5 Å². The molecule has 0 aliphatic rings. The van der Waals surface area contributed by atoms with Crippen LogP contribution in [0.2, 0.25) is 0 Å². The highest BCUT2D eigenvalue weighted by Crippen LogP contribution is 2.22.